The standard InChI is InChI=1S/C20H22N4O3/c1-11(2)8-15-17(25)16(18(26)23-15)19(27)24-20-21-9-14(10-22-20)13-6-4-12(3)5-7-13/h4-7,9-11,15,25H,8H2,1-3H3,(H,23,26)(H,21,22,24,27). The van der Waals surface area contributed by atoms with Crippen LogP contribution in [0.5, 0.6) is 0 Å². The van der Waals surface area contributed by atoms with Gasteiger partial charge in [0.25, 0.3) is 11.8 Å². The first kappa shape index (κ1) is 18.6. The van der Waals surface area contributed by atoms with Gasteiger partial charge < -0.3 is 10.4 Å². The van der Waals surface area contributed by atoms with Crippen molar-refractivity contribution in [3.05, 3.63) is 53.6 Å². The first-order valence-electron chi connectivity index (χ1n) is 8.79. The lowest BCUT2D eigenvalue weighted by atomic mass is 10.0. The topological polar surface area (TPSA) is 104 Å². The summed E-state index contributed by atoms with van der Waals surface area (Å²) in [5.41, 5.74) is 2.64. The molecule has 1 unspecified atom stereocenters. The normalized spacial score (nSPS) is 16.6. The highest BCUT2D eigenvalue weighted by atomic mass is 16.3. The van der Waals surface area contributed by atoms with Gasteiger partial charge in [-0.1, -0.05) is 43.7 Å². The van der Waals surface area contributed by atoms with Gasteiger partial charge in [0, 0.05) is 18.0 Å². The summed E-state index contributed by atoms with van der Waals surface area (Å²) >= 11 is 0. The Kier molecular flexibility index (Phi) is 5.21. The second-order valence-electron chi connectivity index (χ2n) is 7.03. The molecule has 2 aromatic rings. The van der Waals surface area contributed by atoms with Gasteiger partial charge in [-0.2, -0.15) is 0 Å². The molecule has 1 aliphatic heterocycles. The lowest BCUT2D eigenvalue weighted by molar-refractivity contribution is -0.120. The molecule has 3 N–H and O–H groups in total. The minimum Gasteiger partial charge on any atom is -0.509 e. The van der Waals surface area contributed by atoms with Crippen molar-refractivity contribution < 1.29 is 14.7 Å². The lowest BCUT2D eigenvalue weighted by Gasteiger charge is -2.12. The largest absolute Gasteiger partial charge is 0.509 e. The van der Waals surface area contributed by atoms with E-state index in [2.05, 4.69) is 20.6 Å². The van der Waals surface area contributed by atoms with Crippen molar-refractivity contribution in [3.63, 3.8) is 0 Å². The third-order valence-corrected chi connectivity index (χ3v) is 4.31. The number of aliphatic hydroxyl groups excluding tert-OH is 1. The summed E-state index contributed by atoms with van der Waals surface area (Å²) < 4.78 is 0. The van der Waals surface area contributed by atoms with Crippen LogP contribution >= 0.6 is 0 Å². The number of nitrogens with zero attached hydrogens (tertiary/aromatic N) is 2. The van der Waals surface area contributed by atoms with Crippen molar-refractivity contribution >= 4 is 17.8 Å². The maximum Gasteiger partial charge on any atom is 0.267 e. The number of aliphatic hydroxyl groups is 1. The molecule has 1 aromatic carbocycles. The van der Waals surface area contributed by atoms with Crippen LogP contribution in [-0.2, 0) is 9.59 Å². The molecule has 140 valence electrons. The van der Waals surface area contributed by atoms with Gasteiger partial charge in [0.05, 0.1) is 6.04 Å². The smallest absolute Gasteiger partial charge is 0.267 e. The van der Waals surface area contributed by atoms with Gasteiger partial charge in [0.1, 0.15) is 11.3 Å². The highest BCUT2D eigenvalue weighted by Crippen LogP contribution is 2.22. The SMILES string of the molecule is Cc1ccc(-c2cnc(NC(=O)C3=C(O)C(CC(C)C)NC3=O)nc2)cc1. The summed E-state index contributed by atoms with van der Waals surface area (Å²) in [5.74, 6) is -1.22. The predicted octanol–water partition coefficient (Wildman–Crippen LogP) is 2.75. The van der Waals surface area contributed by atoms with E-state index in [1.54, 1.807) is 12.4 Å². The van der Waals surface area contributed by atoms with Gasteiger partial charge in [-0.15, -0.1) is 0 Å². The molecule has 1 aromatic heterocycles. The number of nitrogens with one attached hydrogen (secondary N) is 2. The Hall–Kier alpha value is -3.22. The summed E-state index contributed by atoms with van der Waals surface area (Å²) in [7, 11) is 0. The maximum absolute atomic E-state index is 12.4. The molecule has 0 spiro atoms. The summed E-state index contributed by atoms with van der Waals surface area (Å²) in [4.78, 5) is 32.7. The maximum atomic E-state index is 12.4. The first-order valence-corrected chi connectivity index (χ1v) is 8.79. The van der Waals surface area contributed by atoms with Crippen LogP contribution in [0, 0.1) is 12.8 Å². The second-order valence-corrected chi connectivity index (χ2v) is 7.03. The van der Waals surface area contributed by atoms with Crippen molar-refractivity contribution in [2.45, 2.75) is 33.2 Å². The Morgan fingerprint density at radius 3 is 2.41 bits per heavy atom. The number of carbonyl (C=O) groups is 2. The third-order valence-electron chi connectivity index (χ3n) is 4.31. The molecule has 0 bridgehead atoms. The molecule has 0 radical (unpaired) electrons. The Morgan fingerprint density at radius 2 is 1.81 bits per heavy atom. The second kappa shape index (κ2) is 7.57. The van der Waals surface area contributed by atoms with Crippen molar-refractivity contribution in [1.82, 2.24) is 15.3 Å². The highest BCUT2D eigenvalue weighted by molar-refractivity contribution is 6.24. The summed E-state index contributed by atoms with van der Waals surface area (Å²) in [6.45, 7) is 5.95. The zero-order valence-corrected chi connectivity index (χ0v) is 15.5. The Labute approximate surface area is 157 Å². The molecule has 27 heavy (non-hydrogen) atoms. The quantitative estimate of drug-likeness (QED) is 0.706. The molecule has 0 fully saturated rings. The van der Waals surface area contributed by atoms with Crippen LogP contribution in [-0.4, -0.2) is 32.9 Å². The zero-order valence-electron chi connectivity index (χ0n) is 15.5. The number of anilines is 1. The van der Waals surface area contributed by atoms with Gasteiger partial charge in [-0.05, 0) is 24.8 Å². The summed E-state index contributed by atoms with van der Waals surface area (Å²) in [6.07, 6.45) is 3.74. The highest BCUT2D eigenvalue weighted by Gasteiger charge is 2.36. The van der Waals surface area contributed by atoms with Crippen LogP contribution in [0.3, 0.4) is 0 Å². The van der Waals surface area contributed by atoms with E-state index in [-0.39, 0.29) is 23.2 Å². The molecule has 1 atom stereocenters. The number of aromatic nitrogens is 2. The number of aryl methyl sites for hydroxylation is 1. The van der Waals surface area contributed by atoms with Gasteiger partial charge in [-0.3, -0.25) is 14.9 Å². The van der Waals surface area contributed by atoms with Crippen LogP contribution in [0.15, 0.2) is 48.0 Å². The fourth-order valence-corrected chi connectivity index (χ4v) is 2.90. The fourth-order valence-electron chi connectivity index (χ4n) is 2.90. The molecule has 0 saturated heterocycles. The van der Waals surface area contributed by atoms with Crippen LogP contribution in [0.4, 0.5) is 5.95 Å². The van der Waals surface area contributed by atoms with E-state index in [0.717, 1.165) is 16.7 Å². The molecule has 0 saturated carbocycles. The van der Waals surface area contributed by atoms with E-state index in [1.807, 2.05) is 45.0 Å². The van der Waals surface area contributed by atoms with Gasteiger partial charge >= 0.3 is 0 Å². The van der Waals surface area contributed by atoms with Crippen molar-refractivity contribution in [3.8, 4) is 11.1 Å². The molecular formula is C20H22N4O3. The Morgan fingerprint density at radius 1 is 1.19 bits per heavy atom. The van der Waals surface area contributed by atoms with Crippen molar-refractivity contribution in [2.75, 3.05) is 5.32 Å². The molecule has 3 rings (SSSR count). The van der Waals surface area contributed by atoms with Crippen molar-refractivity contribution in [1.29, 1.82) is 0 Å². The minimum absolute atomic E-state index is 0.0660. The summed E-state index contributed by atoms with van der Waals surface area (Å²) in [6, 6.07) is 7.38. The number of benzene rings is 1. The zero-order chi connectivity index (χ0) is 19.6. The molecule has 1 aliphatic rings. The monoisotopic (exact) mass is 366 g/mol. The van der Waals surface area contributed by atoms with Gasteiger partial charge in [-0.25, -0.2) is 9.97 Å². The van der Waals surface area contributed by atoms with Crippen LogP contribution in [0.25, 0.3) is 11.1 Å². The van der Waals surface area contributed by atoms with E-state index in [1.165, 1.54) is 0 Å². The summed E-state index contributed by atoms with van der Waals surface area (Å²) in [5, 5.41) is 15.3. The van der Waals surface area contributed by atoms with E-state index < -0.39 is 17.9 Å². The van der Waals surface area contributed by atoms with E-state index in [4.69, 9.17) is 0 Å². The minimum atomic E-state index is -0.723. The number of hydrogen-bond donors (Lipinski definition) is 3. The van der Waals surface area contributed by atoms with Crippen LogP contribution in [0.1, 0.15) is 25.8 Å². The van der Waals surface area contributed by atoms with Gasteiger partial charge in [0.2, 0.25) is 5.95 Å². The van der Waals surface area contributed by atoms with E-state index in [9.17, 15) is 14.7 Å². The Bertz CT molecular complexity index is 886. The fraction of sp³-hybridized carbons (Fsp3) is 0.300. The lowest BCUT2D eigenvalue weighted by Crippen LogP contribution is -2.31. The molecule has 0 aliphatic carbocycles. The number of carbonyl (C=O) groups excluding carboxylic acids is 2. The number of amides is 2. The van der Waals surface area contributed by atoms with Crippen molar-refractivity contribution in [2.24, 2.45) is 5.92 Å². The van der Waals surface area contributed by atoms with Crippen LogP contribution in [0.2, 0.25) is 0 Å². The van der Waals surface area contributed by atoms with Crippen LogP contribution < -0.4 is 10.6 Å². The number of rotatable bonds is 5. The van der Waals surface area contributed by atoms with E-state index >= 15 is 0 Å². The molecule has 2 heterocycles. The number of hydrogen-bond acceptors (Lipinski definition) is 5. The average molecular weight is 366 g/mol. The average Bonchev–Trinajstić information content (AvgIpc) is 2.89. The molecule has 7 heteroatoms. The molecule has 7 nitrogen and oxygen atoms in total. The molecule has 2 amide bonds. The van der Waals surface area contributed by atoms with E-state index in [0.29, 0.717) is 6.42 Å². The third kappa shape index (κ3) is 4.13. The predicted molar refractivity (Wildman–Crippen MR) is 102 cm³/mol. The first-order chi connectivity index (χ1) is 12.8. The Balaban J connectivity index is 1.73. The van der Waals surface area contributed by atoms with Gasteiger partial charge in [0.15, 0.2) is 0 Å². The molecular weight excluding hydrogens is 344 g/mol.